The molecule has 0 aliphatic heterocycles. The highest BCUT2D eigenvalue weighted by atomic mass is 19.1. The number of halogens is 1. The molecule has 0 radical (unpaired) electrons. The van der Waals surface area contributed by atoms with E-state index in [2.05, 4.69) is 15.6 Å². The fourth-order valence-electron chi connectivity index (χ4n) is 3.67. The van der Waals surface area contributed by atoms with Crippen molar-refractivity contribution in [2.75, 3.05) is 5.32 Å². The van der Waals surface area contributed by atoms with Crippen molar-refractivity contribution < 1.29 is 18.4 Å². The van der Waals surface area contributed by atoms with Gasteiger partial charge in [-0.05, 0) is 75.6 Å². The van der Waals surface area contributed by atoms with Gasteiger partial charge < -0.3 is 14.6 Å². The van der Waals surface area contributed by atoms with Crippen molar-refractivity contribution in [3.63, 3.8) is 0 Å². The van der Waals surface area contributed by atoms with Gasteiger partial charge >= 0.3 is 0 Å². The van der Waals surface area contributed by atoms with Crippen LogP contribution in [0.5, 0.6) is 5.75 Å². The zero-order chi connectivity index (χ0) is 24.4. The Bertz CT molecular complexity index is 1340. The van der Waals surface area contributed by atoms with Gasteiger partial charge in [0.15, 0.2) is 5.69 Å². The molecule has 4 aromatic rings. The SMILES string of the molecule is Cc1ccc(OCc2c(C(=O)Nc3c(C)nn(Cc4ccc(F)cc4)c3C)noc2C)cc1C. The zero-order valence-corrected chi connectivity index (χ0v) is 19.9. The van der Waals surface area contributed by atoms with Crippen LogP contribution in [-0.4, -0.2) is 20.8 Å². The highest BCUT2D eigenvalue weighted by Gasteiger charge is 2.23. The molecular weight excluding hydrogens is 435 g/mol. The Morgan fingerprint density at radius 1 is 1.06 bits per heavy atom. The van der Waals surface area contributed by atoms with Crippen LogP contribution in [0.15, 0.2) is 47.0 Å². The van der Waals surface area contributed by atoms with Crippen LogP contribution in [0.1, 0.15) is 49.9 Å². The number of rotatable bonds is 7. The summed E-state index contributed by atoms with van der Waals surface area (Å²) in [5, 5.41) is 11.4. The Hall–Kier alpha value is -3.94. The van der Waals surface area contributed by atoms with E-state index < -0.39 is 5.91 Å². The Morgan fingerprint density at radius 3 is 2.50 bits per heavy atom. The Labute approximate surface area is 197 Å². The lowest BCUT2D eigenvalue weighted by Gasteiger charge is -2.09. The predicted molar refractivity (Wildman–Crippen MR) is 127 cm³/mol. The van der Waals surface area contributed by atoms with Crippen LogP contribution in [0.4, 0.5) is 10.1 Å². The van der Waals surface area contributed by atoms with Gasteiger partial charge in [0, 0.05) is 0 Å². The first-order valence-electron chi connectivity index (χ1n) is 11.0. The smallest absolute Gasteiger partial charge is 0.278 e. The number of carbonyl (C=O) groups is 1. The Kier molecular flexibility index (Phi) is 6.49. The molecular formula is C26H27FN4O3. The van der Waals surface area contributed by atoms with Crippen molar-refractivity contribution in [1.82, 2.24) is 14.9 Å². The number of nitrogens with one attached hydrogen (secondary N) is 1. The standard InChI is InChI=1S/C26H27FN4O3/c1-15-6-11-22(12-16(15)2)33-14-23-19(5)34-30-25(23)26(32)28-24-17(3)29-31(18(24)4)13-20-7-9-21(27)10-8-20/h6-12H,13-14H2,1-5H3,(H,28,32). The van der Waals surface area contributed by atoms with Crippen molar-refractivity contribution >= 4 is 11.6 Å². The monoisotopic (exact) mass is 462 g/mol. The summed E-state index contributed by atoms with van der Waals surface area (Å²) < 4.78 is 26.2. The first-order chi connectivity index (χ1) is 16.2. The number of amides is 1. The molecule has 0 saturated heterocycles. The molecule has 34 heavy (non-hydrogen) atoms. The fraction of sp³-hybridized carbons (Fsp3) is 0.269. The third-order valence-electron chi connectivity index (χ3n) is 5.93. The summed E-state index contributed by atoms with van der Waals surface area (Å²) >= 11 is 0. The molecule has 7 nitrogen and oxygen atoms in total. The molecule has 0 fully saturated rings. The maximum Gasteiger partial charge on any atom is 0.278 e. The van der Waals surface area contributed by atoms with Gasteiger partial charge in [0.1, 0.15) is 23.9 Å². The minimum atomic E-state index is -0.400. The molecule has 2 aromatic heterocycles. The van der Waals surface area contributed by atoms with Gasteiger partial charge in [-0.25, -0.2) is 4.39 Å². The quantitative estimate of drug-likeness (QED) is 0.396. The number of anilines is 1. The van der Waals surface area contributed by atoms with E-state index in [-0.39, 0.29) is 18.1 Å². The second-order valence-corrected chi connectivity index (χ2v) is 8.38. The Balaban J connectivity index is 1.50. The molecule has 176 valence electrons. The topological polar surface area (TPSA) is 82.2 Å². The lowest BCUT2D eigenvalue weighted by Crippen LogP contribution is -2.16. The van der Waals surface area contributed by atoms with Crippen LogP contribution in [0.2, 0.25) is 0 Å². The molecule has 1 amide bonds. The van der Waals surface area contributed by atoms with Gasteiger partial charge in [-0.2, -0.15) is 5.10 Å². The number of aryl methyl sites for hydroxylation is 4. The number of carbonyl (C=O) groups excluding carboxylic acids is 1. The molecule has 0 spiro atoms. The van der Waals surface area contributed by atoms with E-state index in [0.29, 0.717) is 35.0 Å². The first-order valence-corrected chi connectivity index (χ1v) is 11.0. The molecule has 0 atom stereocenters. The van der Waals surface area contributed by atoms with Crippen LogP contribution >= 0.6 is 0 Å². The summed E-state index contributed by atoms with van der Waals surface area (Å²) in [6, 6.07) is 12.1. The van der Waals surface area contributed by atoms with Crippen molar-refractivity contribution in [1.29, 1.82) is 0 Å². The maximum absolute atomic E-state index is 13.2. The van der Waals surface area contributed by atoms with Gasteiger partial charge in [0.05, 0.1) is 29.2 Å². The zero-order valence-electron chi connectivity index (χ0n) is 19.9. The van der Waals surface area contributed by atoms with E-state index in [4.69, 9.17) is 9.26 Å². The van der Waals surface area contributed by atoms with Crippen molar-refractivity contribution in [3.05, 3.63) is 93.4 Å². The van der Waals surface area contributed by atoms with E-state index in [1.807, 2.05) is 45.9 Å². The molecule has 2 heterocycles. The molecule has 0 aliphatic rings. The largest absolute Gasteiger partial charge is 0.489 e. The highest BCUT2D eigenvalue weighted by molar-refractivity contribution is 6.04. The number of ether oxygens (including phenoxy) is 1. The van der Waals surface area contributed by atoms with Crippen molar-refractivity contribution in [3.8, 4) is 5.75 Å². The average molecular weight is 463 g/mol. The second-order valence-electron chi connectivity index (χ2n) is 8.38. The van der Waals surface area contributed by atoms with Crippen LogP contribution in [0.25, 0.3) is 0 Å². The third-order valence-corrected chi connectivity index (χ3v) is 5.93. The van der Waals surface area contributed by atoms with Crippen LogP contribution < -0.4 is 10.1 Å². The van der Waals surface area contributed by atoms with Crippen molar-refractivity contribution in [2.45, 2.75) is 47.8 Å². The molecule has 0 unspecified atom stereocenters. The minimum absolute atomic E-state index is 0.155. The molecule has 0 aliphatic carbocycles. The molecule has 8 heteroatoms. The molecule has 2 aromatic carbocycles. The van der Waals surface area contributed by atoms with Gasteiger partial charge in [0.2, 0.25) is 0 Å². The number of hydrogen-bond acceptors (Lipinski definition) is 5. The van der Waals surface area contributed by atoms with Gasteiger partial charge in [-0.1, -0.05) is 23.4 Å². The second kappa shape index (κ2) is 9.51. The van der Waals surface area contributed by atoms with E-state index in [0.717, 1.165) is 16.8 Å². The summed E-state index contributed by atoms with van der Waals surface area (Å²) in [4.78, 5) is 13.1. The number of hydrogen-bond donors (Lipinski definition) is 1. The lowest BCUT2D eigenvalue weighted by molar-refractivity contribution is 0.101. The minimum Gasteiger partial charge on any atom is -0.489 e. The lowest BCUT2D eigenvalue weighted by atomic mass is 10.1. The molecule has 0 bridgehead atoms. The summed E-state index contributed by atoms with van der Waals surface area (Å²) in [6.45, 7) is 10.1. The first kappa shape index (κ1) is 23.2. The normalized spacial score (nSPS) is 11.0. The highest BCUT2D eigenvalue weighted by Crippen LogP contribution is 2.24. The summed E-state index contributed by atoms with van der Waals surface area (Å²) in [5.41, 5.74) is 6.03. The van der Waals surface area contributed by atoms with Crippen LogP contribution in [-0.2, 0) is 13.2 Å². The third kappa shape index (κ3) is 4.85. The van der Waals surface area contributed by atoms with E-state index in [1.165, 1.54) is 17.7 Å². The van der Waals surface area contributed by atoms with Gasteiger partial charge in [-0.15, -0.1) is 0 Å². The van der Waals surface area contributed by atoms with Crippen LogP contribution in [0, 0.1) is 40.4 Å². The summed E-state index contributed by atoms with van der Waals surface area (Å²) in [6.07, 6.45) is 0. The average Bonchev–Trinajstić information content (AvgIpc) is 3.30. The maximum atomic E-state index is 13.2. The molecule has 1 N–H and O–H groups in total. The van der Waals surface area contributed by atoms with E-state index >= 15 is 0 Å². The fourth-order valence-corrected chi connectivity index (χ4v) is 3.67. The number of benzene rings is 2. The summed E-state index contributed by atoms with van der Waals surface area (Å²) in [5.74, 6) is 0.548. The summed E-state index contributed by atoms with van der Waals surface area (Å²) in [7, 11) is 0. The Morgan fingerprint density at radius 2 is 1.79 bits per heavy atom. The molecule has 0 saturated carbocycles. The van der Waals surface area contributed by atoms with E-state index in [9.17, 15) is 9.18 Å². The van der Waals surface area contributed by atoms with Gasteiger partial charge in [0.25, 0.3) is 5.91 Å². The van der Waals surface area contributed by atoms with Gasteiger partial charge in [-0.3, -0.25) is 9.48 Å². The van der Waals surface area contributed by atoms with Crippen molar-refractivity contribution in [2.24, 2.45) is 0 Å². The van der Waals surface area contributed by atoms with E-state index in [1.54, 1.807) is 23.7 Å². The number of nitrogens with zero attached hydrogens (tertiary/aromatic N) is 3. The predicted octanol–water partition coefficient (Wildman–Crippen LogP) is 5.43. The number of aromatic nitrogens is 3. The molecule has 4 rings (SSSR count). The van der Waals surface area contributed by atoms with Crippen LogP contribution in [0.3, 0.4) is 0 Å².